The standard InChI is InChI=1S/C14H20N4O2S/c1-4-16-14-12(21(3,19)20)13(15)18(17-14)9-11-8-6-5-7-10(11)2/h5-8H,4,9,15H2,1-3H3,(H,16,17). The Bertz CT molecular complexity index is 750. The predicted octanol–water partition coefficient (Wildman–Crippen LogP) is 1.66. The van der Waals surface area contributed by atoms with Crippen LogP contribution in [0.5, 0.6) is 0 Å². The predicted molar refractivity (Wildman–Crippen MR) is 84.2 cm³/mol. The van der Waals surface area contributed by atoms with E-state index in [1.807, 2.05) is 38.1 Å². The number of hydrogen-bond acceptors (Lipinski definition) is 5. The number of benzene rings is 1. The molecule has 21 heavy (non-hydrogen) atoms. The van der Waals surface area contributed by atoms with Crippen molar-refractivity contribution in [1.82, 2.24) is 9.78 Å². The van der Waals surface area contributed by atoms with Crippen LogP contribution in [0.2, 0.25) is 0 Å². The van der Waals surface area contributed by atoms with Crippen LogP contribution < -0.4 is 11.1 Å². The molecule has 0 spiro atoms. The molecule has 0 aliphatic carbocycles. The summed E-state index contributed by atoms with van der Waals surface area (Å²) in [5, 5.41) is 7.26. The van der Waals surface area contributed by atoms with Crippen LogP contribution in [0, 0.1) is 6.92 Å². The van der Waals surface area contributed by atoms with Gasteiger partial charge < -0.3 is 11.1 Å². The summed E-state index contributed by atoms with van der Waals surface area (Å²) in [6, 6.07) is 7.86. The molecule has 0 aliphatic rings. The van der Waals surface area contributed by atoms with Gasteiger partial charge in [0, 0.05) is 12.8 Å². The Morgan fingerprint density at radius 1 is 1.33 bits per heavy atom. The van der Waals surface area contributed by atoms with Crippen molar-refractivity contribution < 1.29 is 8.42 Å². The maximum Gasteiger partial charge on any atom is 0.182 e. The van der Waals surface area contributed by atoms with E-state index in [1.54, 1.807) is 0 Å². The van der Waals surface area contributed by atoms with Gasteiger partial charge in [-0.25, -0.2) is 13.1 Å². The Hall–Kier alpha value is -2.02. The molecule has 1 aromatic carbocycles. The van der Waals surface area contributed by atoms with E-state index in [-0.39, 0.29) is 10.7 Å². The highest BCUT2D eigenvalue weighted by Gasteiger charge is 2.23. The number of nitrogens with one attached hydrogen (secondary N) is 1. The summed E-state index contributed by atoms with van der Waals surface area (Å²) in [4.78, 5) is 0.0675. The van der Waals surface area contributed by atoms with Crippen molar-refractivity contribution in [3.8, 4) is 0 Å². The third-order valence-electron chi connectivity index (χ3n) is 3.24. The van der Waals surface area contributed by atoms with Gasteiger partial charge in [-0.15, -0.1) is 0 Å². The van der Waals surface area contributed by atoms with Crippen molar-refractivity contribution in [1.29, 1.82) is 0 Å². The van der Waals surface area contributed by atoms with Crippen LogP contribution in [0.25, 0.3) is 0 Å². The monoisotopic (exact) mass is 308 g/mol. The first kappa shape index (κ1) is 15.4. The molecule has 3 N–H and O–H groups in total. The second-order valence-electron chi connectivity index (χ2n) is 4.95. The van der Waals surface area contributed by atoms with E-state index in [1.165, 1.54) is 4.68 Å². The van der Waals surface area contributed by atoms with E-state index in [2.05, 4.69) is 10.4 Å². The number of nitrogen functional groups attached to an aromatic ring is 1. The van der Waals surface area contributed by atoms with Gasteiger partial charge in [0.2, 0.25) is 0 Å². The summed E-state index contributed by atoms with van der Waals surface area (Å²) in [7, 11) is -3.44. The Labute approximate surface area is 124 Å². The van der Waals surface area contributed by atoms with Gasteiger partial charge in [-0.3, -0.25) is 0 Å². The first-order chi connectivity index (χ1) is 9.84. The molecule has 7 heteroatoms. The van der Waals surface area contributed by atoms with Crippen LogP contribution in [-0.4, -0.2) is 31.0 Å². The van der Waals surface area contributed by atoms with Crippen molar-refractivity contribution in [2.24, 2.45) is 0 Å². The molecular weight excluding hydrogens is 288 g/mol. The molecule has 0 fully saturated rings. The van der Waals surface area contributed by atoms with Gasteiger partial charge in [-0.05, 0) is 25.0 Å². The van der Waals surface area contributed by atoms with Crippen LogP contribution in [0.3, 0.4) is 0 Å². The van der Waals surface area contributed by atoms with E-state index >= 15 is 0 Å². The lowest BCUT2D eigenvalue weighted by Crippen LogP contribution is -2.09. The Balaban J connectivity index is 2.49. The third kappa shape index (κ3) is 3.18. The van der Waals surface area contributed by atoms with Crippen molar-refractivity contribution >= 4 is 21.5 Å². The molecule has 0 radical (unpaired) electrons. The first-order valence-electron chi connectivity index (χ1n) is 6.69. The van der Waals surface area contributed by atoms with Gasteiger partial charge in [-0.2, -0.15) is 5.10 Å². The number of rotatable bonds is 5. The highest BCUT2D eigenvalue weighted by molar-refractivity contribution is 7.91. The molecule has 2 rings (SSSR count). The number of aryl methyl sites for hydroxylation is 1. The summed E-state index contributed by atoms with van der Waals surface area (Å²) < 4.78 is 25.3. The molecule has 0 amide bonds. The van der Waals surface area contributed by atoms with Crippen LogP contribution in [0.15, 0.2) is 29.2 Å². The minimum Gasteiger partial charge on any atom is -0.383 e. The number of nitrogens with zero attached hydrogens (tertiary/aromatic N) is 2. The van der Waals surface area contributed by atoms with Crippen molar-refractivity contribution in [2.45, 2.75) is 25.3 Å². The lowest BCUT2D eigenvalue weighted by molar-refractivity contribution is 0.602. The first-order valence-corrected chi connectivity index (χ1v) is 8.58. The van der Waals surface area contributed by atoms with Crippen molar-refractivity contribution in [3.63, 3.8) is 0 Å². The molecule has 1 heterocycles. The second kappa shape index (κ2) is 5.77. The van der Waals surface area contributed by atoms with Gasteiger partial charge in [0.15, 0.2) is 20.6 Å². The molecule has 0 atom stereocenters. The highest BCUT2D eigenvalue weighted by Crippen LogP contribution is 2.27. The number of anilines is 2. The minimum atomic E-state index is -3.44. The normalized spacial score (nSPS) is 11.6. The maximum atomic E-state index is 11.9. The number of aromatic nitrogens is 2. The zero-order valence-corrected chi connectivity index (χ0v) is 13.2. The molecule has 6 nitrogen and oxygen atoms in total. The summed E-state index contributed by atoms with van der Waals surface area (Å²) in [5.74, 6) is 0.475. The van der Waals surface area contributed by atoms with E-state index in [4.69, 9.17) is 5.73 Å². The number of hydrogen-bond donors (Lipinski definition) is 2. The molecule has 0 saturated carbocycles. The fourth-order valence-electron chi connectivity index (χ4n) is 2.18. The van der Waals surface area contributed by atoms with Crippen molar-refractivity contribution in [3.05, 3.63) is 35.4 Å². The molecular formula is C14H20N4O2S. The van der Waals surface area contributed by atoms with Gasteiger partial charge in [-0.1, -0.05) is 24.3 Å². The fourth-order valence-corrected chi connectivity index (χ4v) is 3.13. The summed E-state index contributed by atoms with van der Waals surface area (Å²) in [5.41, 5.74) is 8.16. The topological polar surface area (TPSA) is 90.0 Å². The summed E-state index contributed by atoms with van der Waals surface area (Å²) >= 11 is 0. The molecule has 2 aromatic rings. The third-order valence-corrected chi connectivity index (χ3v) is 4.39. The SMILES string of the molecule is CCNc1nn(Cc2ccccc2C)c(N)c1S(C)(=O)=O. The van der Waals surface area contributed by atoms with Crippen LogP contribution >= 0.6 is 0 Å². The number of nitrogens with two attached hydrogens (primary N) is 1. The van der Waals surface area contributed by atoms with E-state index < -0.39 is 9.84 Å². The second-order valence-corrected chi connectivity index (χ2v) is 6.90. The number of sulfone groups is 1. The smallest absolute Gasteiger partial charge is 0.182 e. The molecule has 0 saturated heterocycles. The quantitative estimate of drug-likeness (QED) is 0.876. The van der Waals surface area contributed by atoms with Crippen molar-refractivity contribution in [2.75, 3.05) is 23.9 Å². The molecule has 0 unspecified atom stereocenters. The van der Waals surface area contributed by atoms with Gasteiger partial charge in [0.25, 0.3) is 0 Å². The Morgan fingerprint density at radius 3 is 2.57 bits per heavy atom. The average molecular weight is 308 g/mol. The largest absolute Gasteiger partial charge is 0.383 e. The lowest BCUT2D eigenvalue weighted by Gasteiger charge is -2.07. The van der Waals surface area contributed by atoms with E-state index in [9.17, 15) is 8.42 Å². The summed E-state index contributed by atoms with van der Waals surface area (Å²) in [6.45, 7) is 4.88. The molecule has 0 aliphatic heterocycles. The van der Waals surface area contributed by atoms with E-state index in [0.717, 1.165) is 17.4 Å². The highest BCUT2D eigenvalue weighted by atomic mass is 32.2. The zero-order chi connectivity index (χ0) is 15.6. The molecule has 0 bridgehead atoms. The molecule has 1 aromatic heterocycles. The minimum absolute atomic E-state index is 0.0675. The summed E-state index contributed by atoms with van der Waals surface area (Å²) in [6.07, 6.45) is 1.14. The van der Waals surface area contributed by atoms with Gasteiger partial charge in [0.05, 0.1) is 6.54 Å². The van der Waals surface area contributed by atoms with Gasteiger partial charge in [0.1, 0.15) is 5.82 Å². The fraction of sp³-hybridized carbons (Fsp3) is 0.357. The van der Waals surface area contributed by atoms with Crippen LogP contribution in [0.1, 0.15) is 18.1 Å². The average Bonchev–Trinajstić information content (AvgIpc) is 2.69. The molecule has 114 valence electrons. The van der Waals surface area contributed by atoms with Gasteiger partial charge >= 0.3 is 0 Å². The zero-order valence-electron chi connectivity index (χ0n) is 12.4. The van der Waals surface area contributed by atoms with Crippen LogP contribution in [0.4, 0.5) is 11.6 Å². The Kier molecular flexibility index (Phi) is 4.22. The van der Waals surface area contributed by atoms with Crippen LogP contribution in [-0.2, 0) is 16.4 Å². The maximum absolute atomic E-state index is 11.9. The lowest BCUT2D eigenvalue weighted by atomic mass is 10.1. The Morgan fingerprint density at radius 2 is 2.00 bits per heavy atom. The van der Waals surface area contributed by atoms with E-state index in [0.29, 0.717) is 18.9 Å².